The van der Waals surface area contributed by atoms with Gasteiger partial charge in [-0.2, -0.15) is 0 Å². The van der Waals surface area contributed by atoms with Gasteiger partial charge in [0.1, 0.15) is 0 Å². The van der Waals surface area contributed by atoms with Crippen molar-refractivity contribution >= 4 is 0 Å². The van der Waals surface area contributed by atoms with Gasteiger partial charge in [-0.25, -0.2) is 0 Å². The molecule has 0 radical (unpaired) electrons. The minimum atomic E-state index is -0.428. The van der Waals surface area contributed by atoms with E-state index in [4.69, 9.17) is 5.11 Å². The first kappa shape index (κ1) is 9.24. The minimum absolute atomic E-state index is 0. The number of rotatable bonds is 0. The lowest BCUT2D eigenvalue weighted by atomic mass is 10.0. The van der Waals surface area contributed by atoms with E-state index in [-0.39, 0.29) is 13.2 Å². The standard InChI is InChI=1S/C7H10O2.CH4/c1-5-4-6(8)2-3-7(5)9;/h2,4,7-9H,3H2,1H3;1H4/p-1. The maximum absolute atomic E-state index is 10.6. The van der Waals surface area contributed by atoms with Crippen molar-refractivity contribution in [2.75, 3.05) is 0 Å². The van der Waals surface area contributed by atoms with Gasteiger partial charge >= 0.3 is 0 Å². The van der Waals surface area contributed by atoms with Crippen LogP contribution in [0.15, 0.2) is 23.5 Å². The van der Waals surface area contributed by atoms with Crippen LogP contribution in [0.5, 0.6) is 0 Å². The molecule has 0 heterocycles. The predicted molar refractivity (Wildman–Crippen MR) is 39.2 cm³/mol. The van der Waals surface area contributed by atoms with Crippen LogP contribution in [0.1, 0.15) is 20.8 Å². The molecule has 0 aromatic rings. The molecule has 1 unspecified atom stereocenters. The zero-order valence-corrected chi connectivity index (χ0v) is 5.29. The number of aliphatic hydroxyl groups is 1. The summed E-state index contributed by atoms with van der Waals surface area (Å²) in [4.78, 5) is 0. The molecule has 0 saturated carbocycles. The summed E-state index contributed by atoms with van der Waals surface area (Å²) in [5.41, 5.74) is 0.766. The molecule has 1 aliphatic carbocycles. The topological polar surface area (TPSA) is 43.3 Å². The van der Waals surface area contributed by atoms with Gasteiger partial charge in [-0.3, -0.25) is 0 Å². The third-order valence-electron chi connectivity index (χ3n) is 1.44. The van der Waals surface area contributed by atoms with Gasteiger partial charge in [0.15, 0.2) is 0 Å². The Morgan fingerprint density at radius 3 is 2.70 bits per heavy atom. The van der Waals surface area contributed by atoms with Crippen molar-refractivity contribution in [1.82, 2.24) is 0 Å². The van der Waals surface area contributed by atoms with E-state index in [1.807, 2.05) is 0 Å². The second kappa shape index (κ2) is 3.42. The molecule has 0 fully saturated rings. The maximum atomic E-state index is 10.6. The van der Waals surface area contributed by atoms with Gasteiger partial charge in [0.2, 0.25) is 0 Å². The summed E-state index contributed by atoms with van der Waals surface area (Å²) >= 11 is 0. The fourth-order valence-corrected chi connectivity index (χ4v) is 0.793. The Hall–Kier alpha value is -0.760. The van der Waals surface area contributed by atoms with Crippen molar-refractivity contribution in [3.05, 3.63) is 23.5 Å². The molecule has 0 bridgehead atoms. The van der Waals surface area contributed by atoms with Gasteiger partial charge in [0.25, 0.3) is 0 Å². The molecule has 2 heteroatoms. The SMILES string of the molecule is C.CC1=CC([O-])=CCC1O. The van der Waals surface area contributed by atoms with Crippen molar-refractivity contribution in [3.63, 3.8) is 0 Å². The Morgan fingerprint density at radius 2 is 2.30 bits per heavy atom. The molecule has 0 aromatic carbocycles. The Labute approximate surface area is 61.5 Å². The van der Waals surface area contributed by atoms with E-state index in [0.717, 1.165) is 5.57 Å². The summed E-state index contributed by atoms with van der Waals surface area (Å²) in [6.45, 7) is 1.76. The zero-order chi connectivity index (χ0) is 6.85. The first-order valence-corrected chi connectivity index (χ1v) is 2.93. The quantitative estimate of drug-likeness (QED) is 0.536. The van der Waals surface area contributed by atoms with Crippen molar-refractivity contribution < 1.29 is 10.2 Å². The van der Waals surface area contributed by atoms with Crippen molar-refractivity contribution in [1.29, 1.82) is 0 Å². The highest BCUT2D eigenvalue weighted by Gasteiger charge is 2.05. The summed E-state index contributed by atoms with van der Waals surface area (Å²) in [6, 6.07) is 0. The molecule has 58 valence electrons. The first-order valence-electron chi connectivity index (χ1n) is 2.93. The van der Waals surface area contributed by atoms with Crippen LogP contribution in [0.2, 0.25) is 0 Å². The van der Waals surface area contributed by atoms with E-state index in [1.54, 1.807) is 6.92 Å². The fraction of sp³-hybridized carbons (Fsp3) is 0.500. The normalized spacial score (nSPS) is 24.4. The van der Waals surface area contributed by atoms with Gasteiger partial charge in [-0.15, -0.1) is 5.76 Å². The average Bonchev–Trinajstić information content (AvgIpc) is 1.80. The predicted octanol–water partition coefficient (Wildman–Crippen LogP) is 0.578. The van der Waals surface area contributed by atoms with Gasteiger partial charge in [-0.05, 0) is 18.9 Å². The lowest BCUT2D eigenvalue weighted by molar-refractivity contribution is -0.296. The van der Waals surface area contributed by atoms with Crippen LogP contribution in [0.3, 0.4) is 0 Å². The van der Waals surface area contributed by atoms with Crippen LogP contribution in [0.4, 0.5) is 0 Å². The van der Waals surface area contributed by atoms with Crippen molar-refractivity contribution in [3.8, 4) is 0 Å². The van der Waals surface area contributed by atoms with Gasteiger partial charge in [0.05, 0.1) is 6.10 Å². The van der Waals surface area contributed by atoms with Crippen molar-refractivity contribution in [2.45, 2.75) is 26.9 Å². The minimum Gasteiger partial charge on any atom is -0.873 e. The average molecular weight is 141 g/mol. The smallest absolute Gasteiger partial charge is 0.0784 e. The Balaban J connectivity index is 0.000000810. The summed E-state index contributed by atoms with van der Waals surface area (Å²) < 4.78 is 0. The van der Waals surface area contributed by atoms with E-state index in [1.165, 1.54) is 12.2 Å². The highest BCUT2D eigenvalue weighted by molar-refractivity contribution is 5.23. The molecule has 1 aliphatic rings. The van der Waals surface area contributed by atoms with Crippen LogP contribution in [0.25, 0.3) is 0 Å². The molecular formula is C8H13O2-. The molecule has 0 aromatic heterocycles. The molecule has 0 spiro atoms. The second-order valence-corrected chi connectivity index (χ2v) is 2.25. The van der Waals surface area contributed by atoms with E-state index in [9.17, 15) is 5.11 Å². The number of allylic oxidation sites excluding steroid dienone is 1. The highest BCUT2D eigenvalue weighted by atomic mass is 16.3. The van der Waals surface area contributed by atoms with Crippen LogP contribution in [-0.2, 0) is 0 Å². The summed E-state index contributed by atoms with van der Waals surface area (Å²) in [5, 5.41) is 19.6. The first-order chi connectivity index (χ1) is 4.20. The second-order valence-electron chi connectivity index (χ2n) is 2.25. The van der Waals surface area contributed by atoms with Crippen molar-refractivity contribution in [2.24, 2.45) is 0 Å². The zero-order valence-electron chi connectivity index (χ0n) is 5.29. The molecule has 10 heavy (non-hydrogen) atoms. The van der Waals surface area contributed by atoms with Crippen LogP contribution < -0.4 is 5.11 Å². The monoisotopic (exact) mass is 141 g/mol. The number of aliphatic hydroxyl groups excluding tert-OH is 1. The molecule has 1 rings (SSSR count). The van der Waals surface area contributed by atoms with Gasteiger partial charge < -0.3 is 10.2 Å². The molecule has 1 atom stereocenters. The molecule has 0 amide bonds. The third kappa shape index (κ3) is 1.88. The van der Waals surface area contributed by atoms with E-state index in [2.05, 4.69) is 0 Å². The molecule has 0 aliphatic heterocycles. The molecular weight excluding hydrogens is 128 g/mol. The third-order valence-corrected chi connectivity index (χ3v) is 1.44. The van der Waals surface area contributed by atoms with E-state index < -0.39 is 6.10 Å². The van der Waals surface area contributed by atoms with Crippen LogP contribution in [-0.4, -0.2) is 11.2 Å². The maximum Gasteiger partial charge on any atom is 0.0784 e. The Kier molecular flexibility index (Phi) is 3.16. The molecule has 0 saturated heterocycles. The Morgan fingerprint density at radius 1 is 1.70 bits per heavy atom. The highest BCUT2D eigenvalue weighted by Crippen LogP contribution is 2.13. The van der Waals surface area contributed by atoms with E-state index in [0.29, 0.717) is 6.42 Å². The lowest BCUT2D eigenvalue weighted by Crippen LogP contribution is -2.14. The van der Waals surface area contributed by atoms with Gasteiger partial charge in [0, 0.05) is 0 Å². The largest absolute Gasteiger partial charge is 0.873 e. The summed E-state index contributed by atoms with van der Waals surface area (Å²) in [7, 11) is 0. The fourth-order valence-electron chi connectivity index (χ4n) is 0.793. The number of hydrogen-bond donors (Lipinski definition) is 1. The number of hydrogen-bond acceptors (Lipinski definition) is 2. The van der Waals surface area contributed by atoms with Gasteiger partial charge in [-0.1, -0.05) is 19.6 Å². The van der Waals surface area contributed by atoms with Crippen LogP contribution >= 0.6 is 0 Å². The molecule has 1 N–H and O–H groups in total. The van der Waals surface area contributed by atoms with E-state index >= 15 is 0 Å². The summed E-state index contributed by atoms with van der Waals surface area (Å²) in [5.74, 6) is 0.0119. The van der Waals surface area contributed by atoms with Crippen LogP contribution in [0, 0.1) is 0 Å². The Bertz CT molecular complexity index is 168. The molecule has 2 nitrogen and oxygen atoms in total. The summed E-state index contributed by atoms with van der Waals surface area (Å²) in [6.07, 6.45) is 3.01. The lowest BCUT2D eigenvalue weighted by Gasteiger charge is -2.18.